The molecule has 0 unspecified atom stereocenters. The normalized spacial score (nSPS) is 22.3. The van der Waals surface area contributed by atoms with E-state index in [4.69, 9.17) is 13.9 Å². The zero-order valence-electron chi connectivity index (χ0n) is 25.0. The van der Waals surface area contributed by atoms with Crippen LogP contribution in [0.5, 0.6) is 0 Å². The number of carbonyl (C=O) groups is 2. The summed E-state index contributed by atoms with van der Waals surface area (Å²) in [5, 5.41) is 0. The maximum atomic E-state index is 13.3. The van der Waals surface area contributed by atoms with Crippen LogP contribution in [0.3, 0.4) is 0 Å². The molecule has 2 saturated heterocycles. The Labute approximate surface area is 231 Å². The number of hydrogen-bond donors (Lipinski definition) is 0. The number of benzene rings is 1. The molecule has 8 heteroatoms. The van der Waals surface area contributed by atoms with Gasteiger partial charge < -0.3 is 23.7 Å². The van der Waals surface area contributed by atoms with Gasteiger partial charge in [-0.2, -0.15) is 0 Å². The first-order chi connectivity index (χ1) is 17.8. The highest BCUT2D eigenvalue weighted by molar-refractivity contribution is 6.77. The second-order valence-electron chi connectivity index (χ2n) is 13.0. The molecule has 38 heavy (non-hydrogen) atoms. The molecular formula is C30H50N2O5Si. The molecule has 0 saturated carbocycles. The van der Waals surface area contributed by atoms with Crippen LogP contribution in [0, 0.1) is 11.8 Å². The van der Waals surface area contributed by atoms with Crippen molar-refractivity contribution < 1.29 is 23.5 Å². The average Bonchev–Trinajstić information content (AvgIpc) is 3.20. The fourth-order valence-corrected chi connectivity index (χ4v) is 12.3. The van der Waals surface area contributed by atoms with Gasteiger partial charge in [0.05, 0.1) is 6.04 Å². The minimum atomic E-state index is -2.03. The van der Waals surface area contributed by atoms with Crippen LogP contribution in [0.2, 0.25) is 16.6 Å². The molecule has 3 atom stereocenters. The van der Waals surface area contributed by atoms with E-state index in [2.05, 4.69) is 41.5 Å². The van der Waals surface area contributed by atoms with Crippen molar-refractivity contribution >= 4 is 20.5 Å². The quantitative estimate of drug-likeness (QED) is 0.326. The van der Waals surface area contributed by atoms with E-state index in [-0.39, 0.29) is 36.7 Å². The van der Waals surface area contributed by atoms with E-state index in [0.29, 0.717) is 42.9 Å². The molecule has 0 bridgehead atoms. The third kappa shape index (κ3) is 6.92. The summed E-state index contributed by atoms with van der Waals surface area (Å²) in [5.41, 5.74) is 1.88. The number of ether oxygens (including phenoxy) is 2. The molecule has 3 rings (SSSR count). The van der Waals surface area contributed by atoms with Gasteiger partial charge >= 0.3 is 12.2 Å². The van der Waals surface area contributed by atoms with Gasteiger partial charge in [-0.05, 0) is 55.3 Å². The fourth-order valence-electron chi connectivity index (χ4n) is 6.79. The minimum Gasteiger partial charge on any atom is -0.445 e. The van der Waals surface area contributed by atoms with Gasteiger partial charge in [0.25, 0.3) is 0 Å². The second kappa shape index (κ2) is 12.4. The summed E-state index contributed by atoms with van der Waals surface area (Å²) in [7, 11) is -2.03. The van der Waals surface area contributed by atoms with E-state index in [9.17, 15) is 9.59 Å². The van der Waals surface area contributed by atoms with E-state index >= 15 is 0 Å². The van der Waals surface area contributed by atoms with Crippen LogP contribution in [-0.2, 0) is 20.5 Å². The van der Waals surface area contributed by atoms with Gasteiger partial charge in [-0.1, -0.05) is 71.9 Å². The zero-order valence-corrected chi connectivity index (χ0v) is 26.0. The third-order valence-corrected chi connectivity index (χ3v) is 14.5. The predicted octanol–water partition coefficient (Wildman–Crippen LogP) is 7.07. The monoisotopic (exact) mass is 546 g/mol. The van der Waals surface area contributed by atoms with E-state index in [1.165, 1.54) is 0 Å². The zero-order chi connectivity index (χ0) is 28.3. The van der Waals surface area contributed by atoms with E-state index in [1.54, 1.807) is 4.90 Å². The van der Waals surface area contributed by atoms with Crippen LogP contribution in [0.4, 0.5) is 9.59 Å². The maximum absolute atomic E-state index is 13.3. The Morgan fingerprint density at radius 3 is 2.11 bits per heavy atom. The van der Waals surface area contributed by atoms with E-state index in [1.807, 2.05) is 56.0 Å². The summed E-state index contributed by atoms with van der Waals surface area (Å²) >= 11 is 0. The van der Waals surface area contributed by atoms with Crippen LogP contribution in [0.25, 0.3) is 0 Å². The number of carbonyl (C=O) groups excluding carboxylic acids is 2. The first-order valence-corrected chi connectivity index (χ1v) is 16.5. The van der Waals surface area contributed by atoms with Gasteiger partial charge in [-0.15, -0.1) is 0 Å². The Hall–Kier alpha value is -2.06. The molecule has 0 spiro atoms. The van der Waals surface area contributed by atoms with Crippen LogP contribution < -0.4 is 0 Å². The van der Waals surface area contributed by atoms with Crippen LogP contribution in [-0.4, -0.2) is 68.2 Å². The van der Waals surface area contributed by atoms with Gasteiger partial charge in [-0.3, -0.25) is 0 Å². The number of rotatable bonds is 8. The molecule has 0 aliphatic carbocycles. The average molecular weight is 547 g/mol. The Balaban J connectivity index is 1.75. The summed E-state index contributed by atoms with van der Waals surface area (Å²) in [4.78, 5) is 29.9. The fraction of sp³-hybridized carbons (Fsp3) is 0.733. The third-order valence-electron chi connectivity index (χ3n) is 8.42. The lowest BCUT2D eigenvalue weighted by Crippen LogP contribution is -2.52. The molecule has 2 heterocycles. The largest absolute Gasteiger partial charge is 0.445 e. The SMILES string of the molecule is CC(C)[Si](OC[C@H]1CN(C(=O)OC(C)(C)C)[C@H]2CN(C(=O)OCc3ccccc3)CC[C@@H]12)(C(C)C)C(C)C. The summed E-state index contributed by atoms with van der Waals surface area (Å²) in [6.07, 6.45) is 0.175. The number of fused-ring (bicyclic) bond motifs is 1. The van der Waals surface area contributed by atoms with E-state index < -0.39 is 13.9 Å². The molecule has 7 nitrogen and oxygen atoms in total. The molecule has 1 aromatic carbocycles. The van der Waals surface area contributed by atoms with Crippen LogP contribution >= 0.6 is 0 Å². The highest BCUT2D eigenvalue weighted by Gasteiger charge is 2.51. The minimum absolute atomic E-state index is 0.107. The first kappa shape index (κ1) is 30.5. The lowest BCUT2D eigenvalue weighted by Gasteiger charge is -2.43. The van der Waals surface area contributed by atoms with Crippen molar-refractivity contribution in [1.29, 1.82) is 0 Å². The molecule has 0 radical (unpaired) electrons. The van der Waals surface area contributed by atoms with Gasteiger partial charge in [0.1, 0.15) is 12.2 Å². The summed E-state index contributed by atoms with van der Waals surface area (Å²) in [5.74, 6) is 0.483. The Kier molecular flexibility index (Phi) is 9.96. The number of hydrogen-bond acceptors (Lipinski definition) is 5. The summed E-state index contributed by atoms with van der Waals surface area (Å²) in [6.45, 7) is 22.0. The topological polar surface area (TPSA) is 68.3 Å². The van der Waals surface area contributed by atoms with Gasteiger partial charge in [-0.25, -0.2) is 9.59 Å². The first-order valence-electron chi connectivity index (χ1n) is 14.4. The molecule has 2 aliphatic rings. The number of amides is 2. The summed E-state index contributed by atoms with van der Waals surface area (Å²) in [6, 6.07) is 9.59. The van der Waals surface area contributed by atoms with Crippen LogP contribution in [0.15, 0.2) is 30.3 Å². The Morgan fingerprint density at radius 2 is 1.55 bits per heavy atom. The smallest absolute Gasteiger partial charge is 0.410 e. The predicted molar refractivity (Wildman–Crippen MR) is 154 cm³/mol. The Morgan fingerprint density at radius 1 is 0.947 bits per heavy atom. The highest BCUT2D eigenvalue weighted by atomic mass is 28.4. The molecule has 0 N–H and O–H groups in total. The lowest BCUT2D eigenvalue weighted by molar-refractivity contribution is 0.0107. The standard InChI is InChI=1S/C30H50N2O5Si/c1-21(2)38(22(3)4,23(5)6)36-20-25-17-32(29(34)37-30(7,8)9)27-18-31(16-15-26(25)27)28(33)35-19-24-13-11-10-12-14-24/h10-14,21-23,25-27H,15-20H2,1-9H3/t25-,26+,27+/m1/s1. The lowest BCUT2D eigenvalue weighted by atomic mass is 9.85. The van der Waals surface area contributed by atoms with Gasteiger partial charge in [0.15, 0.2) is 8.32 Å². The second-order valence-corrected chi connectivity index (χ2v) is 18.5. The number of piperidine rings is 1. The highest BCUT2D eigenvalue weighted by Crippen LogP contribution is 2.44. The van der Waals surface area contributed by atoms with Crippen molar-refractivity contribution in [2.75, 3.05) is 26.2 Å². The molecule has 2 aliphatic heterocycles. The van der Waals surface area contributed by atoms with Gasteiger partial charge in [0, 0.05) is 32.2 Å². The van der Waals surface area contributed by atoms with Crippen LogP contribution in [0.1, 0.15) is 74.3 Å². The van der Waals surface area contributed by atoms with E-state index in [0.717, 1.165) is 12.0 Å². The van der Waals surface area contributed by atoms with Gasteiger partial charge in [0.2, 0.25) is 0 Å². The molecule has 2 fully saturated rings. The molecule has 1 aromatic rings. The van der Waals surface area contributed by atoms with Crippen molar-refractivity contribution in [3.05, 3.63) is 35.9 Å². The van der Waals surface area contributed by atoms with Crippen molar-refractivity contribution in [3.8, 4) is 0 Å². The van der Waals surface area contributed by atoms with Crippen molar-refractivity contribution in [1.82, 2.24) is 9.80 Å². The van der Waals surface area contributed by atoms with Crippen molar-refractivity contribution in [2.45, 2.75) is 104 Å². The van der Waals surface area contributed by atoms with Crippen molar-refractivity contribution in [2.24, 2.45) is 11.8 Å². The molecule has 0 aromatic heterocycles. The Bertz CT molecular complexity index is 909. The van der Waals surface area contributed by atoms with Crippen molar-refractivity contribution in [3.63, 3.8) is 0 Å². The number of likely N-dealkylation sites (tertiary alicyclic amines) is 2. The maximum Gasteiger partial charge on any atom is 0.410 e. The number of nitrogens with zero attached hydrogens (tertiary/aromatic N) is 2. The molecular weight excluding hydrogens is 496 g/mol. The molecule has 2 amide bonds. The summed E-state index contributed by atoms with van der Waals surface area (Å²) < 4.78 is 18.4. The molecule has 214 valence electrons.